The molecule has 0 radical (unpaired) electrons. The smallest absolute Gasteiger partial charge is 0.306 e. The van der Waals surface area contributed by atoms with Gasteiger partial charge in [-0.1, -0.05) is 50.5 Å². The van der Waals surface area contributed by atoms with Gasteiger partial charge in [0, 0.05) is 0 Å². The third-order valence-corrected chi connectivity index (χ3v) is 3.85. The number of hydrogen-bond donors (Lipinski definition) is 1. The van der Waals surface area contributed by atoms with Crippen molar-refractivity contribution in [2.24, 2.45) is 11.8 Å². The molecule has 0 amide bonds. The quantitative estimate of drug-likeness (QED) is 0.500. The van der Waals surface area contributed by atoms with Gasteiger partial charge in [0.05, 0.1) is 5.92 Å². The second-order valence-electron chi connectivity index (χ2n) is 6.01. The molecule has 0 aromatic carbocycles. The molecule has 0 aliphatic rings. The highest BCUT2D eigenvalue weighted by Gasteiger charge is 2.10. The van der Waals surface area contributed by atoms with Gasteiger partial charge in [-0.05, 0) is 51.9 Å². The fourth-order valence-corrected chi connectivity index (χ4v) is 2.23. The molecule has 1 N–H and O–H groups in total. The van der Waals surface area contributed by atoms with Crippen molar-refractivity contribution in [3.05, 3.63) is 23.8 Å². The summed E-state index contributed by atoms with van der Waals surface area (Å²) in [6.07, 6.45) is 14.3. The molecular weight excluding hydrogens is 248 g/mol. The monoisotopic (exact) mass is 280 g/mol. The summed E-state index contributed by atoms with van der Waals surface area (Å²) in [5, 5.41) is 8.83. The fraction of sp³-hybridized carbons (Fsp3) is 0.722. The van der Waals surface area contributed by atoms with Crippen molar-refractivity contribution >= 4 is 5.97 Å². The zero-order valence-electron chi connectivity index (χ0n) is 13.7. The second-order valence-corrected chi connectivity index (χ2v) is 6.01. The highest BCUT2D eigenvalue weighted by atomic mass is 16.4. The van der Waals surface area contributed by atoms with Crippen LogP contribution in [0.5, 0.6) is 0 Å². The Labute approximate surface area is 125 Å². The first-order valence-corrected chi connectivity index (χ1v) is 7.97. The minimum atomic E-state index is -0.669. The molecule has 2 unspecified atom stereocenters. The number of aliphatic carboxylic acids is 1. The Bertz CT molecular complexity index is 315. The van der Waals surface area contributed by atoms with Gasteiger partial charge in [0.2, 0.25) is 0 Å². The van der Waals surface area contributed by atoms with Crippen LogP contribution in [0.1, 0.15) is 72.6 Å². The van der Waals surface area contributed by atoms with E-state index >= 15 is 0 Å². The van der Waals surface area contributed by atoms with Crippen LogP contribution in [-0.2, 0) is 4.79 Å². The lowest BCUT2D eigenvalue weighted by atomic mass is 9.95. The van der Waals surface area contributed by atoms with Gasteiger partial charge < -0.3 is 5.11 Å². The molecule has 2 nitrogen and oxygen atoms in total. The molecule has 2 atom stereocenters. The van der Waals surface area contributed by atoms with Crippen LogP contribution in [-0.4, -0.2) is 11.1 Å². The molecule has 0 saturated carbocycles. The molecule has 0 heterocycles. The van der Waals surface area contributed by atoms with Gasteiger partial charge in [-0.2, -0.15) is 0 Å². The number of rotatable bonds is 11. The van der Waals surface area contributed by atoms with Crippen LogP contribution < -0.4 is 0 Å². The summed E-state index contributed by atoms with van der Waals surface area (Å²) in [6.45, 7) is 8.34. The molecule has 0 aromatic rings. The highest BCUT2D eigenvalue weighted by molar-refractivity contribution is 5.69. The van der Waals surface area contributed by atoms with Crippen LogP contribution >= 0.6 is 0 Å². The van der Waals surface area contributed by atoms with Crippen molar-refractivity contribution in [3.8, 4) is 0 Å². The summed E-state index contributed by atoms with van der Waals surface area (Å²) >= 11 is 0. The Morgan fingerprint density at radius 3 is 2.45 bits per heavy atom. The van der Waals surface area contributed by atoms with Crippen molar-refractivity contribution in [3.63, 3.8) is 0 Å². The van der Waals surface area contributed by atoms with Gasteiger partial charge in [0.25, 0.3) is 0 Å². The standard InChI is InChI=1S/C18H32O2/c1-5-6-7-10-15(2)11-8-12-16(3)13-9-14-17(4)18(19)20/h5-6,11,16-17H,7-10,12-14H2,1-4H3,(H,19,20)/b6-5-,15-11+. The van der Waals surface area contributed by atoms with Gasteiger partial charge >= 0.3 is 5.97 Å². The van der Waals surface area contributed by atoms with E-state index in [2.05, 4.69) is 39.0 Å². The van der Waals surface area contributed by atoms with E-state index in [0.29, 0.717) is 5.92 Å². The first-order valence-electron chi connectivity index (χ1n) is 7.97. The summed E-state index contributed by atoms with van der Waals surface area (Å²) < 4.78 is 0. The second kappa shape index (κ2) is 11.7. The zero-order chi connectivity index (χ0) is 15.4. The maximum atomic E-state index is 10.7. The predicted molar refractivity (Wildman–Crippen MR) is 86.9 cm³/mol. The average Bonchev–Trinajstić information content (AvgIpc) is 2.38. The fourth-order valence-electron chi connectivity index (χ4n) is 2.23. The molecule has 0 spiro atoms. The van der Waals surface area contributed by atoms with E-state index in [0.717, 1.165) is 38.5 Å². The van der Waals surface area contributed by atoms with E-state index in [9.17, 15) is 4.79 Å². The molecule has 0 aliphatic carbocycles. The minimum Gasteiger partial charge on any atom is -0.481 e. The van der Waals surface area contributed by atoms with Crippen molar-refractivity contribution in [1.29, 1.82) is 0 Å². The van der Waals surface area contributed by atoms with E-state index in [-0.39, 0.29) is 5.92 Å². The lowest BCUT2D eigenvalue weighted by Crippen LogP contribution is -2.09. The summed E-state index contributed by atoms with van der Waals surface area (Å²) in [5.74, 6) is -0.177. The molecule has 0 bridgehead atoms. The first-order chi connectivity index (χ1) is 9.47. The molecular formula is C18H32O2. The zero-order valence-corrected chi connectivity index (χ0v) is 13.7. The van der Waals surface area contributed by atoms with Gasteiger partial charge in [-0.15, -0.1) is 0 Å². The summed E-state index contributed by atoms with van der Waals surface area (Å²) in [4.78, 5) is 10.7. The van der Waals surface area contributed by atoms with Crippen molar-refractivity contribution in [1.82, 2.24) is 0 Å². The Morgan fingerprint density at radius 2 is 1.85 bits per heavy atom. The molecule has 0 saturated heterocycles. The van der Waals surface area contributed by atoms with Crippen LogP contribution in [0.3, 0.4) is 0 Å². The number of carboxylic acid groups (broad SMARTS) is 1. The SMILES string of the molecule is C/C=C\CC/C(C)=C/CCC(C)CCCC(C)C(=O)O. The molecule has 2 heteroatoms. The highest BCUT2D eigenvalue weighted by Crippen LogP contribution is 2.18. The number of carboxylic acids is 1. The molecule has 0 aromatic heterocycles. The summed E-state index contributed by atoms with van der Waals surface area (Å²) in [5.41, 5.74) is 1.48. The van der Waals surface area contributed by atoms with E-state index in [4.69, 9.17) is 5.11 Å². The molecule has 20 heavy (non-hydrogen) atoms. The van der Waals surface area contributed by atoms with Crippen molar-refractivity contribution in [2.45, 2.75) is 72.6 Å². The Hall–Kier alpha value is -1.05. The van der Waals surface area contributed by atoms with Crippen molar-refractivity contribution < 1.29 is 9.90 Å². The lowest BCUT2D eigenvalue weighted by molar-refractivity contribution is -0.141. The molecule has 0 fully saturated rings. The van der Waals surface area contributed by atoms with Gasteiger partial charge in [0.1, 0.15) is 0 Å². The summed E-state index contributed by atoms with van der Waals surface area (Å²) in [7, 11) is 0. The van der Waals surface area contributed by atoms with E-state index in [1.54, 1.807) is 6.92 Å². The van der Waals surface area contributed by atoms with Crippen LogP contribution in [0.4, 0.5) is 0 Å². The topological polar surface area (TPSA) is 37.3 Å². The Balaban J connectivity index is 3.69. The van der Waals surface area contributed by atoms with E-state index < -0.39 is 5.97 Å². The Kier molecular flexibility index (Phi) is 11.1. The van der Waals surface area contributed by atoms with Gasteiger partial charge in [0.15, 0.2) is 0 Å². The third-order valence-electron chi connectivity index (χ3n) is 3.85. The van der Waals surface area contributed by atoms with Crippen LogP contribution in [0.2, 0.25) is 0 Å². The Morgan fingerprint density at radius 1 is 1.15 bits per heavy atom. The largest absolute Gasteiger partial charge is 0.481 e. The average molecular weight is 280 g/mol. The molecule has 0 rings (SSSR count). The first kappa shape index (κ1) is 18.9. The van der Waals surface area contributed by atoms with Crippen LogP contribution in [0.25, 0.3) is 0 Å². The number of carbonyl (C=O) groups is 1. The molecule has 0 aliphatic heterocycles. The minimum absolute atomic E-state index is 0.198. The van der Waals surface area contributed by atoms with Crippen LogP contribution in [0, 0.1) is 11.8 Å². The molecule has 116 valence electrons. The maximum absolute atomic E-state index is 10.7. The third kappa shape index (κ3) is 10.8. The number of allylic oxidation sites excluding steroid dienone is 4. The summed E-state index contributed by atoms with van der Waals surface area (Å²) in [6, 6.07) is 0. The maximum Gasteiger partial charge on any atom is 0.306 e. The van der Waals surface area contributed by atoms with E-state index in [1.807, 2.05) is 0 Å². The normalized spacial score (nSPS) is 15.5. The van der Waals surface area contributed by atoms with Gasteiger partial charge in [-0.3, -0.25) is 4.79 Å². The van der Waals surface area contributed by atoms with Crippen LogP contribution in [0.15, 0.2) is 23.8 Å². The predicted octanol–water partition coefficient (Wildman–Crippen LogP) is 5.60. The van der Waals surface area contributed by atoms with Gasteiger partial charge in [-0.25, -0.2) is 0 Å². The van der Waals surface area contributed by atoms with Crippen molar-refractivity contribution in [2.75, 3.05) is 0 Å². The number of hydrogen-bond acceptors (Lipinski definition) is 1. The lowest BCUT2D eigenvalue weighted by Gasteiger charge is -2.11. The van der Waals surface area contributed by atoms with E-state index in [1.165, 1.54) is 12.0 Å².